The minimum absolute atomic E-state index is 0. The quantitative estimate of drug-likeness (QED) is 0.411. The summed E-state index contributed by atoms with van der Waals surface area (Å²) in [6.07, 6.45) is 3.22. The van der Waals surface area contributed by atoms with Gasteiger partial charge in [-0.25, -0.2) is 0 Å². The number of hydrogen-bond donors (Lipinski definition) is 1. The molecule has 1 atom stereocenters. The lowest BCUT2D eigenvalue weighted by Crippen LogP contribution is -2.43. The minimum atomic E-state index is 0. The molecule has 0 fully saturated rings. The third kappa shape index (κ3) is 5.16. The Morgan fingerprint density at radius 1 is 1.48 bits per heavy atom. The van der Waals surface area contributed by atoms with Crippen molar-refractivity contribution in [2.75, 3.05) is 27.2 Å². The fraction of sp³-hybridized carbons (Fsp3) is 0.588. The molecule has 1 N–H and O–H groups in total. The zero-order chi connectivity index (χ0) is 16.9. The third-order valence-corrected chi connectivity index (χ3v) is 5.56. The van der Waals surface area contributed by atoms with Gasteiger partial charge in [0.2, 0.25) is 0 Å². The zero-order valence-corrected chi connectivity index (χ0v) is 18.3. The number of likely N-dealkylation sites (N-methyl/N-ethyl adjacent to an activating group) is 1. The molecule has 0 bridgehead atoms. The Kier molecular flexibility index (Phi) is 7.67. The second-order valence-electron chi connectivity index (χ2n) is 6.36. The molecule has 0 amide bonds. The van der Waals surface area contributed by atoms with Crippen LogP contribution in [0.4, 0.5) is 0 Å². The highest BCUT2D eigenvalue weighted by molar-refractivity contribution is 14.0. The van der Waals surface area contributed by atoms with Gasteiger partial charge in [-0.15, -0.1) is 45.5 Å². The average molecular weight is 474 g/mol. The van der Waals surface area contributed by atoms with Crippen LogP contribution < -0.4 is 5.32 Å². The van der Waals surface area contributed by atoms with Gasteiger partial charge in [0.15, 0.2) is 5.96 Å². The summed E-state index contributed by atoms with van der Waals surface area (Å²) in [4.78, 5) is 8.05. The second-order valence-corrected chi connectivity index (χ2v) is 7.39. The number of nitrogens with one attached hydrogen (secondary N) is 1. The number of guanidine groups is 1. The van der Waals surface area contributed by atoms with Crippen LogP contribution >= 0.6 is 35.3 Å². The van der Waals surface area contributed by atoms with E-state index in [1.807, 2.05) is 25.3 Å². The minimum Gasteiger partial charge on any atom is -0.356 e. The molecule has 0 aliphatic carbocycles. The van der Waals surface area contributed by atoms with Gasteiger partial charge in [0.05, 0.1) is 0 Å². The van der Waals surface area contributed by atoms with Gasteiger partial charge < -0.3 is 14.8 Å². The molecular formula is C17H27IN6S. The largest absolute Gasteiger partial charge is 0.356 e. The molecule has 3 rings (SSSR count). The highest BCUT2D eigenvalue weighted by Gasteiger charge is 2.21. The van der Waals surface area contributed by atoms with Crippen molar-refractivity contribution in [2.45, 2.75) is 32.7 Å². The molecule has 138 valence electrons. The Morgan fingerprint density at radius 2 is 2.32 bits per heavy atom. The SMILES string of the molecule is CN=C(NCC1CCc2nnc(C)n2C1)N(C)CCc1cccs1.I. The number of fused-ring (bicyclic) bond motifs is 1. The Morgan fingerprint density at radius 3 is 3.04 bits per heavy atom. The third-order valence-electron chi connectivity index (χ3n) is 4.63. The van der Waals surface area contributed by atoms with E-state index in [2.05, 4.69) is 54.5 Å². The molecule has 3 heterocycles. The number of halogens is 1. The van der Waals surface area contributed by atoms with Crippen LogP contribution in [-0.4, -0.2) is 52.8 Å². The molecule has 0 saturated heterocycles. The van der Waals surface area contributed by atoms with Gasteiger partial charge in [-0.2, -0.15) is 0 Å². The van der Waals surface area contributed by atoms with Crippen LogP contribution in [0.2, 0.25) is 0 Å². The van der Waals surface area contributed by atoms with Crippen LogP contribution in [0.1, 0.15) is 22.9 Å². The lowest BCUT2D eigenvalue weighted by atomic mass is 9.99. The first kappa shape index (κ1) is 20.2. The molecule has 0 aromatic carbocycles. The van der Waals surface area contributed by atoms with Gasteiger partial charge in [0, 0.05) is 45.0 Å². The van der Waals surface area contributed by atoms with Crippen LogP contribution in [0.25, 0.3) is 0 Å². The van der Waals surface area contributed by atoms with Crippen LogP contribution in [-0.2, 0) is 19.4 Å². The molecule has 2 aromatic rings. The van der Waals surface area contributed by atoms with E-state index in [9.17, 15) is 0 Å². The summed E-state index contributed by atoms with van der Waals surface area (Å²) in [5.41, 5.74) is 0. The molecule has 25 heavy (non-hydrogen) atoms. The monoisotopic (exact) mass is 474 g/mol. The topological polar surface area (TPSA) is 58.3 Å². The molecule has 1 aliphatic heterocycles. The molecule has 0 spiro atoms. The van der Waals surface area contributed by atoms with Crippen LogP contribution in [0.15, 0.2) is 22.5 Å². The maximum absolute atomic E-state index is 4.43. The summed E-state index contributed by atoms with van der Waals surface area (Å²) in [6.45, 7) is 4.94. The lowest BCUT2D eigenvalue weighted by Gasteiger charge is -2.27. The van der Waals surface area contributed by atoms with E-state index in [1.54, 1.807) is 0 Å². The van der Waals surface area contributed by atoms with E-state index in [0.29, 0.717) is 5.92 Å². The van der Waals surface area contributed by atoms with Crippen molar-refractivity contribution < 1.29 is 0 Å². The van der Waals surface area contributed by atoms with Gasteiger partial charge >= 0.3 is 0 Å². The van der Waals surface area contributed by atoms with Gasteiger partial charge in [-0.3, -0.25) is 4.99 Å². The molecule has 8 heteroatoms. The van der Waals surface area contributed by atoms with E-state index in [0.717, 1.165) is 56.5 Å². The number of nitrogens with zero attached hydrogens (tertiary/aromatic N) is 5. The second kappa shape index (κ2) is 9.51. The number of aliphatic imine (C=N–C) groups is 1. The van der Waals surface area contributed by atoms with Gasteiger partial charge in [-0.1, -0.05) is 6.07 Å². The van der Waals surface area contributed by atoms with Gasteiger partial charge in [0.25, 0.3) is 0 Å². The number of rotatable bonds is 5. The maximum atomic E-state index is 4.43. The van der Waals surface area contributed by atoms with Gasteiger partial charge in [-0.05, 0) is 37.1 Å². The molecular weight excluding hydrogens is 447 g/mol. The number of hydrogen-bond acceptors (Lipinski definition) is 4. The summed E-state index contributed by atoms with van der Waals surface area (Å²) >= 11 is 1.81. The standard InChI is InChI=1S/C17H26N6S.HI/c1-13-20-21-16-7-6-14(12-23(13)16)11-19-17(18-2)22(3)9-8-15-5-4-10-24-15;/h4-5,10,14H,6-9,11-12H2,1-3H3,(H,18,19);1H. The smallest absolute Gasteiger partial charge is 0.193 e. The Hall–Kier alpha value is -1.16. The number of aromatic nitrogens is 3. The first-order valence-electron chi connectivity index (χ1n) is 8.50. The number of thiophene rings is 1. The van der Waals surface area contributed by atoms with Crippen molar-refractivity contribution in [2.24, 2.45) is 10.9 Å². The van der Waals surface area contributed by atoms with Crippen molar-refractivity contribution in [1.29, 1.82) is 0 Å². The van der Waals surface area contributed by atoms with Crippen molar-refractivity contribution in [3.8, 4) is 0 Å². The molecule has 0 saturated carbocycles. The fourth-order valence-electron chi connectivity index (χ4n) is 3.16. The Labute approximate surface area is 170 Å². The summed E-state index contributed by atoms with van der Waals surface area (Å²) in [7, 11) is 3.96. The van der Waals surface area contributed by atoms with Gasteiger partial charge in [0.1, 0.15) is 11.6 Å². The van der Waals surface area contributed by atoms with E-state index in [-0.39, 0.29) is 24.0 Å². The Bertz CT molecular complexity index is 681. The number of aryl methyl sites for hydroxylation is 2. The van der Waals surface area contributed by atoms with Crippen molar-refractivity contribution in [1.82, 2.24) is 25.0 Å². The highest BCUT2D eigenvalue weighted by atomic mass is 127. The van der Waals surface area contributed by atoms with Crippen LogP contribution in [0.3, 0.4) is 0 Å². The molecule has 1 aliphatic rings. The Balaban J connectivity index is 0.00000225. The maximum Gasteiger partial charge on any atom is 0.193 e. The van der Waals surface area contributed by atoms with Crippen LogP contribution in [0, 0.1) is 12.8 Å². The van der Waals surface area contributed by atoms with Crippen molar-refractivity contribution in [3.05, 3.63) is 34.0 Å². The summed E-state index contributed by atoms with van der Waals surface area (Å²) in [6, 6.07) is 4.30. The zero-order valence-electron chi connectivity index (χ0n) is 15.1. The van der Waals surface area contributed by atoms with E-state index in [1.165, 1.54) is 4.88 Å². The van der Waals surface area contributed by atoms with Crippen LogP contribution in [0.5, 0.6) is 0 Å². The fourth-order valence-corrected chi connectivity index (χ4v) is 3.85. The van der Waals surface area contributed by atoms with Crippen molar-refractivity contribution >= 4 is 41.3 Å². The molecule has 6 nitrogen and oxygen atoms in total. The van der Waals surface area contributed by atoms with E-state index >= 15 is 0 Å². The summed E-state index contributed by atoms with van der Waals surface area (Å²) in [5, 5.41) is 14.1. The first-order chi connectivity index (χ1) is 11.7. The lowest BCUT2D eigenvalue weighted by molar-refractivity contribution is 0.353. The predicted molar refractivity (Wildman–Crippen MR) is 114 cm³/mol. The highest BCUT2D eigenvalue weighted by Crippen LogP contribution is 2.19. The first-order valence-corrected chi connectivity index (χ1v) is 9.38. The molecule has 0 radical (unpaired) electrons. The predicted octanol–water partition coefficient (Wildman–Crippen LogP) is 2.58. The molecule has 2 aromatic heterocycles. The summed E-state index contributed by atoms with van der Waals surface area (Å²) in [5.74, 6) is 3.71. The summed E-state index contributed by atoms with van der Waals surface area (Å²) < 4.78 is 2.25. The van der Waals surface area contributed by atoms with E-state index < -0.39 is 0 Å². The normalized spacial score (nSPS) is 16.9. The van der Waals surface area contributed by atoms with Crippen molar-refractivity contribution in [3.63, 3.8) is 0 Å². The molecule has 1 unspecified atom stereocenters. The average Bonchev–Trinajstić information content (AvgIpc) is 3.24. The van der Waals surface area contributed by atoms with E-state index in [4.69, 9.17) is 0 Å².